The fraction of sp³-hybridized carbons (Fsp3) is 1.00. The van der Waals surface area contributed by atoms with Crippen LogP contribution in [0, 0.1) is 0 Å². The third-order valence-corrected chi connectivity index (χ3v) is 2.27. The van der Waals surface area contributed by atoms with E-state index in [4.69, 9.17) is 23.2 Å². The zero-order chi connectivity index (χ0) is 12.1. The first kappa shape index (κ1) is 13.1. The van der Waals surface area contributed by atoms with Crippen LogP contribution in [0.1, 0.15) is 0 Å². The summed E-state index contributed by atoms with van der Waals surface area (Å²) in [4.78, 5) is 0. The van der Waals surface area contributed by atoms with Crippen LogP contribution in [0.25, 0.3) is 0 Å². The molecule has 2 unspecified atom stereocenters. The number of halogens is 8. The van der Waals surface area contributed by atoms with Crippen molar-refractivity contribution in [2.24, 2.45) is 0 Å². The van der Waals surface area contributed by atoms with Crippen molar-refractivity contribution in [1.29, 1.82) is 0 Å². The minimum Gasteiger partial charge on any atom is -0.312 e. The smallest absolute Gasteiger partial charge is 0.312 e. The Hall–Kier alpha value is 0.0800. The molecule has 0 amide bonds. The van der Waals surface area contributed by atoms with E-state index in [2.05, 4.69) is 9.47 Å². The first-order valence-electron chi connectivity index (χ1n) is 3.28. The van der Waals surface area contributed by atoms with Gasteiger partial charge in [-0.05, 0) is 0 Å². The van der Waals surface area contributed by atoms with E-state index < -0.39 is 29.3 Å². The summed E-state index contributed by atoms with van der Waals surface area (Å²) in [5.74, 6) is -4.75. The van der Waals surface area contributed by atoms with Gasteiger partial charge in [0.05, 0.1) is 0 Å². The molecule has 1 fully saturated rings. The lowest BCUT2D eigenvalue weighted by atomic mass is 10.2. The first-order chi connectivity index (χ1) is 6.51. The summed E-state index contributed by atoms with van der Waals surface area (Å²) in [6, 6.07) is 0. The number of alkyl halides is 8. The lowest BCUT2D eigenvalue weighted by molar-refractivity contribution is -0.442. The third kappa shape index (κ3) is 2.00. The highest BCUT2D eigenvalue weighted by Crippen LogP contribution is 2.52. The minimum atomic E-state index is -5.82. The van der Waals surface area contributed by atoms with Gasteiger partial charge in [0.25, 0.3) is 0 Å². The molecule has 0 aromatic heterocycles. The minimum absolute atomic E-state index is 2.03. The molecule has 0 aliphatic carbocycles. The highest BCUT2D eigenvalue weighted by molar-refractivity contribution is 6.28. The van der Waals surface area contributed by atoms with Gasteiger partial charge < -0.3 is 9.47 Å². The number of hydrogen-bond donors (Lipinski definition) is 0. The molecule has 1 heterocycles. The number of ether oxygens (including phenoxy) is 2. The molecule has 1 rings (SSSR count). The molecule has 0 radical (unpaired) electrons. The number of rotatable bonds is 0. The molecule has 90 valence electrons. The molecule has 0 aromatic rings. The van der Waals surface area contributed by atoms with Gasteiger partial charge in [0.2, 0.25) is 0 Å². The Morgan fingerprint density at radius 3 is 1.20 bits per heavy atom. The highest BCUT2D eigenvalue weighted by Gasteiger charge is 2.78. The van der Waals surface area contributed by atoms with Gasteiger partial charge in [0.15, 0.2) is 11.1 Å². The zero-order valence-corrected chi connectivity index (χ0v) is 8.01. The Balaban J connectivity index is 3.12. The second-order valence-electron chi connectivity index (χ2n) is 2.55. The molecule has 2 nitrogen and oxygen atoms in total. The predicted octanol–water partition coefficient (Wildman–Crippen LogP) is 2.98. The summed E-state index contributed by atoms with van der Waals surface area (Å²) >= 11 is 9.96. The molecule has 0 N–H and O–H groups in total. The molecule has 1 saturated heterocycles. The summed E-state index contributed by atoms with van der Waals surface area (Å²) < 4.78 is 80.1. The van der Waals surface area contributed by atoms with Crippen molar-refractivity contribution in [3.05, 3.63) is 0 Å². The average Bonchev–Trinajstić information content (AvgIpc) is 2.26. The normalized spacial score (nSPS) is 32.0. The molecule has 15 heavy (non-hydrogen) atoms. The maximum atomic E-state index is 12.2. The number of hydrogen-bond acceptors (Lipinski definition) is 2. The van der Waals surface area contributed by atoms with Crippen molar-refractivity contribution in [1.82, 2.24) is 0 Å². The molecule has 0 aromatic carbocycles. The Morgan fingerprint density at radius 2 is 1.07 bits per heavy atom. The molecule has 0 bridgehead atoms. The Labute approximate surface area is 89.0 Å². The van der Waals surface area contributed by atoms with Crippen molar-refractivity contribution < 1.29 is 35.8 Å². The molecular weight excluding hydrogens is 277 g/mol. The van der Waals surface area contributed by atoms with E-state index in [1.807, 2.05) is 0 Å². The van der Waals surface area contributed by atoms with E-state index in [1.165, 1.54) is 0 Å². The standard InChI is InChI=1S/C5H2Cl2F6O2/c6-1-2(7)15-3(14-1,4(8,9)10)5(11,12)13/h1-2H. The van der Waals surface area contributed by atoms with Gasteiger partial charge in [-0.15, -0.1) is 0 Å². The fourth-order valence-corrected chi connectivity index (χ4v) is 1.23. The summed E-state index contributed by atoms with van der Waals surface area (Å²) in [6.45, 7) is 0. The summed E-state index contributed by atoms with van der Waals surface area (Å²) in [7, 11) is 0. The van der Waals surface area contributed by atoms with Gasteiger partial charge >= 0.3 is 18.1 Å². The Morgan fingerprint density at radius 1 is 0.800 bits per heavy atom. The SMILES string of the molecule is FC(F)(F)C1(C(F)(F)F)OC(Cl)C(Cl)O1. The second kappa shape index (κ2) is 3.54. The van der Waals surface area contributed by atoms with Crippen molar-refractivity contribution in [2.45, 2.75) is 29.3 Å². The predicted molar refractivity (Wildman–Crippen MR) is 36.3 cm³/mol. The van der Waals surface area contributed by atoms with Crippen LogP contribution >= 0.6 is 23.2 Å². The van der Waals surface area contributed by atoms with E-state index in [1.54, 1.807) is 0 Å². The Kier molecular flexibility index (Phi) is 3.10. The summed E-state index contributed by atoms with van der Waals surface area (Å²) in [5, 5.41) is 0. The molecule has 0 spiro atoms. The molecule has 10 heteroatoms. The van der Waals surface area contributed by atoms with Crippen molar-refractivity contribution >= 4 is 23.2 Å². The van der Waals surface area contributed by atoms with E-state index in [9.17, 15) is 26.3 Å². The van der Waals surface area contributed by atoms with Gasteiger partial charge in [-0.3, -0.25) is 0 Å². The fourth-order valence-electron chi connectivity index (χ4n) is 0.880. The van der Waals surface area contributed by atoms with E-state index in [-0.39, 0.29) is 0 Å². The lowest BCUT2D eigenvalue weighted by Gasteiger charge is -2.30. The van der Waals surface area contributed by atoms with Crippen LogP contribution in [0.15, 0.2) is 0 Å². The molecule has 1 aliphatic rings. The maximum absolute atomic E-state index is 12.2. The lowest BCUT2D eigenvalue weighted by Crippen LogP contribution is -2.58. The van der Waals surface area contributed by atoms with Crippen molar-refractivity contribution in [2.75, 3.05) is 0 Å². The van der Waals surface area contributed by atoms with Gasteiger partial charge in [0, 0.05) is 0 Å². The third-order valence-electron chi connectivity index (χ3n) is 1.51. The van der Waals surface area contributed by atoms with Crippen LogP contribution in [0.5, 0.6) is 0 Å². The van der Waals surface area contributed by atoms with Crippen LogP contribution in [-0.2, 0) is 9.47 Å². The van der Waals surface area contributed by atoms with Crippen molar-refractivity contribution in [3.8, 4) is 0 Å². The molecule has 1 aliphatic heterocycles. The monoisotopic (exact) mass is 278 g/mol. The molecular formula is C5H2Cl2F6O2. The average molecular weight is 279 g/mol. The van der Waals surface area contributed by atoms with Crippen LogP contribution in [0.2, 0.25) is 0 Å². The van der Waals surface area contributed by atoms with Crippen LogP contribution in [0.4, 0.5) is 26.3 Å². The maximum Gasteiger partial charge on any atom is 0.453 e. The van der Waals surface area contributed by atoms with Crippen LogP contribution < -0.4 is 0 Å². The first-order valence-corrected chi connectivity index (χ1v) is 4.16. The second-order valence-corrected chi connectivity index (χ2v) is 3.41. The highest BCUT2D eigenvalue weighted by atomic mass is 35.5. The topological polar surface area (TPSA) is 18.5 Å². The largest absolute Gasteiger partial charge is 0.453 e. The van der Waals surface area contributed by atoms with Gasteiger partial charge in [-0.25, -0.2) is 0 Å². The van der Waals surface area contributed by atoms with Gasteiger partial charge in [0.1, 0.15) is 0 Å². The zero-order valence-electron chi connectivity index (χ0n) is 6.49. The van der Waals surface area contributed by atoms with E-state index in [0.29, 0.717) is 0 Å². The summed E-state index contributed by atoms with van der Waals surface area (Å²) in [6.07, 6.45) is -11.6. The van der Waals surface area contributed by atoms with Crippen molar-refractivity contribution in [3.63, 3.8) is 0 Å². The Bertz CT molecular complexity index is 225. The molecule has 0 saturated carbocycles. The van der Waals surface area contributed by atoms with E-state index >= 15 is 0 Å². The van der Waals surface area contributed by atoms with E-state index in [0.717, 1.165) is 0 Å². The van der Waals surface area contributed by atoms with Gasteiger partial charge in [-0.2, -0.15) is 26.3 Å². The summed E-state index contributed by atoms with van der Waals surface area (Å²) in [5.41, 5.74) is -4.06. The van der Waals surface area contributed by atoms with Crippen LogP contribution in [-0.4, -0.2) is 29.3 Å². The quantitative estimate of drug-likeness (QED) is 0.501. The van der Waals surface area contributed by atoms with Gasteiger partial charge in [-0.1, -0.05) is 23.2 Å². The van der Waals surface area contributed by atoms with Crippen LogP contribution in [0.3, 0.4) is 0 Å². The molecule has 2 atom stereocenters.